The first-order valence-corrected chi connectivity index (χ1v) is 7.91. The third kappa shape index (κ3) is 4.02. The van der Waals surface area contributed by atoms with Gasteiger partial charge in [-0.05, 0) is 29.2 Å². The van der Waals surface area contributed by atoms with Crippen LogP contribution < -0.4 is 5.73 Å². The highest BCUT2D eigenvalue weighted by Crippen LogP contribution is 2.16. The van der Waals surface area contributed by atoms with E-state index in [-0.39, 0.29) is 6.04 Å². The zero-order chi connectivity index (χ0) is 16.1. The van der Waals surface area contributed by atoms with Crippen molar-refractivity contribution < 1.29 is 0 Å². The van der Waals surface area contributed by atoms with E-state index >= 15 is 0 Å². The third-order valence-electron chi connectivity index (χ3n) is 3.85. The number of hydrogen-bond acceptors (Lipinski definition) is 4. The van der Waals surface area contributed by atoms with Gasteiger partial charge in [0.05, 0.1) is 6.54 Å². The predicted molar refractivity (Wildman–Crippen MR) is 90.8 cm³/mol. The monoisotopic (exact) mass is 307 g/mol. The fourth-order valence-corrected chi connectivity index (χ4v) is 2.41. The van der Waals surface area contributed by atoms with Gasteiger partial charge in [0.2, 0.25) is 5.82 Å². The Morgan fingerprint density at radius 3 is 2.43 bits per heavy atom. The minimum Gasteiger partial charge on any atom is -0.327 e. The summed E-state index contributed by atoms with van der Waals surface area (Å²) in [5, 5.41) is 12.7. The summed E-state index contributed by atoms with van der Waals surface area (Å²) in [5.74, 6) is 0.646. The summed E-state index contributed by atoms with van der Waals surface area (Å²) in [7, 11) is 0. The molecule has 1 aromatic heterocycles. The van der Waals surface area contributed by atoms with Crippen LogP contribution in [0.2, 0.25) is 0 Å². The van der Waals surface area contributed by atoms with Crippen molar-refractivity contribution in [1.29, 1.82) is 0 Å². The first kappa shape index (κ1) is 15.4. The van der Waals surface area contributed by atoms with Gasteiger partial charge >= 0.3 is 0 Å². The van der Waals surface area contributed by atoms with Crippen LogP contribution in [0.25, 0.3) is 11.4 Å². The maximum atomic E-state index is 5.99. The molecule has 1 atom stereocenters. The summed E-state index contributed by atoms with van der Waals surface area (Å²) < 4.78 is 0. The van der Waals surface area contributed by atoms with Crippen LogP contribution in [0.1, 0.15) is 24.5 Å². The fraction of sp³-hybridized carbons (Fsp3) is 0.278. The Kier molecular flexibility index (Phi) is 4.78. The van der Waals surface area contributed by atoms with Crippen LogP contribution in [0, 0.1) is 0 Å². The lowest BCUT2D eigenvalue weighted by atomic mass is 10.0. The lowest BCUT2D eigenvalue weighted by Gasteiger charge is -2.08. The van der Waals surface area contributed by atoms with Gasteiger partial charge in [-0.2, -0.15) is 4.80 Å². The van der Waals surface area contributed by atoms with Gasteiger partial charge < -0.3 is 5.73 Å². The van der Waals surface area contributed by atoms with Crippen LogP contribution in [0.5, 0.6) is 0 Å². The molecule has 0 aliphatic carbocycles. The van der Waals surface area contributed by atoms with E-state index in [9.17, 15) is 0 Å². The van der Waals surface area contributed by atoms with E-state index in [2.05, 4.69) is 46.6 Å². The molecule has 1 heterocycles. The van der Waals surface area contributed by atoms with Crippen LogP contribution in [-0.2, 0) is 13.0 Å². The average molecular weight is 307 g/mol. The van der Waals surface area contributed by atoms with Crippen molar-refractivity contribution in [2.24, 2.45) is 5.73 Å². The van der Waals surface area contributed by atoms with Gasteiger partial charge in [-0.3, -0.25) is 0 Å². The highest BCUT2D eigenvalue weighted by Gasteiger charge is 2.07. The van der Waals surface area contributed by atoms with Gasteiger partial charge in [-0.1, -0.05) is 61.5 Å². The van der Waals surface area contributed by atoms with Crippen LogP contribution in [0.3, 0.4) is 0 Å². The molecule has 2 aromatic carbocycles. The molecule has 2 N–H and O–H groups in total. The summed E-state index contributed by atoms with van der Waals surface area (Å²) >= 11 is 0. The maximum absolute atomic E-state index is 5.99. The van der Waals surface area contributed by atoms with Gasteiger partial charge in [0, 0.05) is 11.6 Å². The van der Waals surface area contributed by atoms with E-state index in [0.717, 1.165) is 24.0 Å². The van der Waals surface area contributed by atoms with E-state index in [4.69, 9.17) is 5.73 Å². The summed E-state index contributed by atoms with van der Waals surface area (Å²) in [5.41, 5.74) is 9.35. The standard InChI is InChI=1S/C18H21N5/c1-2-17(19)12-14-8-10-16(11-9-14)18-20-22-23(21-18)13-15-6-4-3-5-7-15/h3-11,17H,2,12-13,19H2,1H3. The van der Waals surface area contributed by atoms with Crippen molar-refractivity contribution >= 4 is 0 Å². The number of nitrogens with zero attached hydrogens (tertiary/aromatic N) is 4. The van der Waals surface area contributed by atoms with E-state index < -0.39 is 0 Å². The Balaban J connectivity index is 1.70. The van der Waals surface area contributed by atoms with E-state index in [0.29, 0.717) is 12.4 Å². The molecule has 0 fully saturated rings. The Morgan fingerprint density at radius 2 is 1.74 bits per heavy atom. The molecule has 118 valence electrons. The first-order valence-electron chi connectivity index (χ1n) is 7.91. The van der Waals surface area contributed by atoms with Crippen LogP contribution in [0.4, 0.5) is 0 Å². The number of rotatable bonds is 6. The fourth-order valence-electron chi connectivity index (χ4n) is 2.41. The summed E-state index contributed by atoms with van der Waals surface area (Å²) in [6.07, 6.45) is 1.88. The predicted octanol–water partition coefficient (Wildman–Crippen LogP) is 2.67. The molecular weight excluding hydrogens is 286 g/mol. The molecule has 0 spiro atoms. The molecule has 5 nitrogen and oxygen atoms in total. The Labute approximate surface area is 136 Å². The number of aromatic nitrogens is 4. The van der Waals surface area contributed by atoms with Crippen LogP contribution in [0.15, 0.2) is 54.6 Å². The molecule has 5 heteroatoms. The molecule has 0 aliphatic rings. The van der Waals surface area contributed by atoms with E-state index in [1.165, 1.54) is 5.56 Å². The molecular formula is C18H21N5. The Bertz CT molecular complexity index is 734. The molecule has 0 saturated heterocycles. The van der Waals surface area contributed by atoms with Crippen molar-refractivity contribution in [2.75, 3.05) is 0 Å². The van der Waals surface area contributed by atoms with Gasteiger partial charge in [0.15, 0.2) is 0 Å². The molecule has 0 bridgehead atoms. The SMILES string of the molecule is CCC(N)Cc1ccc(-c2nnn(Cc3ccccc3)n2)cc1. The van der Waals surface area contributed by atoms with Crippen molar-refractivity contribution in [3.63, 3.8) is 0 Å². The summed E-state index contributed by atoms with van der Waals surface area (Å²) in [6.45, 7) is 2.73. The van der Waals surface area contributed by atoms with Gasteiger partial charge in [0.25, 0.3) is 0 Å². The highest BCUT2D eigenvalue weighted by molar-refractivity contribution is 5.54. The second-order valence-electron chi connectivity index (χ2n) is 5.70. The van der Waals surface area contributed by atoms with Gasteiger partial charge in [-0.25, -0.2) is 0 Å². The maximum Gasteiger partial charge on any atom is 0.204 e. The van der Waals surface area contributed by atoms with Crippen molar-refractivity contribution in [1.82, 2.24) is 20.2 Å². The molecule has 3 rings (SSSR count). The molecule has 1 unspecified atom stereocenters. The lowest BCUT2D eigenvalue weighted by Crippen LogP contribution is -2.21. The quantitative estimate of drug-likeness (QED) is 0.760. The summed E-state index contributed by atoms with van der Waals surface area (Å²) in [6, 6.07) is 18.6. The average Bonchev–Trinajstić information content (AvgIpc) is 3.05. The molecule has 0 radical (unpaired) electrons. The minimum atomic E-state index is 0.214. The highest BCUT2D eigenvalue weighted by atomic mass is 15.6. The molecule has 0 saturated carbocycles. The number of tetrazole rings is 1. The van der Waals surface area contributed by atoms with E-state index in [1.54, 1.807) is 4.80 Å². The first-order chi connectivity index (χ1) is 11.2. The topological polar surface area (TPSA) is 69.6 Å². The normalized spacial score (nSPS) is 12.3. The Morgan fingerprint density at radius 1 is 1.00 bits per heavy atom. The lowest BCUT2D eigenvalue weighted by molar-refractivity contribution is 0.573. The molecule has 0 amide bonds. The number of benzene rings is 2. The van der Waals surface area contributed by atoms with Crippen molar-refractivity contribution in [3.05, 3.63) is 65.7 Å². The van der Waals surface area contributed by atoms with Crippen molar-refractivity contribution in [3.8, 4) is 11.4 Å². The zero-order valence-electron chi connectivity index (χ0n) is 13.3. The number of hydrogen-bond donors (Lipinski definition) is 1. The molecule has 0 aliphatic heterocycles. The third-order valence-corrected chi connectivity index (χ3v) is 3.85. The smallest absolute Gasteiger partial charge is 0.204 e. The minimum absolute atomic E-state index is 0.214. The van der Waals surface area contributed by atoms with Crippen LogP contribution >= 0.6 is 0 Å². The second kappa shape index (κ2) is 7.15. The van der Waals surface area contributed by atoms with Crippen molar-refractivity contribution in [2.45, 2.75) is 32.4 Å². The zero-order valence-corrected chi connectivity index (χ0v) is 13.3. The molecule has 23 heavy (non-hydrogen) atoms. The number of nitrogens with two attached hydrogens (primary N) is 1. The van der Waals surface area contributed by atoms with Crippen LogP contribution in [-0.4, -0.2) is 26.2 Å². The molecule has 3 aromatic rings. The Hall–Kier alpha value is -2.53. The van der Waals surface area contributed by atoms with E-state index in [1.807, 2.05) is 30.3 Å². The largest absolute Gasteiger partial charge is 0.327 e. The second-order valence-corrected chi connectivity index (χ2v) is 5.70. The van der Waals surface area contributed by atoms with Gasteiger partial charge in [-0.15, -0.1) is 10.2 Å². The van der Waals surface area contributed by atoms with Gasteiger partial charge in [0.1, 0.15) is 0 Å². The summed E-state index contributed by atoms with van der Waals surface area (Å²) in [4.78, 5) is 1.62.